The topological polar surface area (TPSA) is 26.5 Å². The van der Waals surface area contributed by atoms with Gasteiger partial charge in [0.25, 0.3) is 11.6 Å². The molecular weight excluding hydrogens is 320 g/mol. The van der Waals surface area contributed by atoms with Gasteiger partial charge in [-0.1, -0.05) is 41.9 Å². The van der Waals surface area contributed by atoms with Crippen LogP contribution in [0, 0.1) is 0 Å². The lowest BCUT2D eigenvalue weighted by atomic mass is 10.0. The van der Waals surface area contributed by atoms with Crippen LogP contribution >= 0.6 is 11.6 Å². The molecule has 2 heterocycles. The maximum absolute atomic E-state index is 11.6. The fourth-order valence-corrected chi connectivity index (χ4v) is 4.01. The summed E-state index contributed by atoms with van der Waals surface area (Å²) in [6.45, 7) is 1.44. The van der Waals surface area contributed by atoms with Crippen LogP contribution in [0.5, 0.6) is 0 Å². The smallest absolute Gasteiger partial charge is 0.271 e. The molecule has 2 aromatic carbocycles. The first-order valence-electron chi connectivity index (χ1n) is 8.63. The Kier molecular flexibility index (Phi) is 4.07. The van der Waals surface area contributed by atoms with E-state index in [9.17, 15) is 5.11 Å². The number of amidine groups is 1. The summed E-state index contributed by atoms with van der Waals surface area (Å²) in [5, 5.41) is 12.3. The molecular formula is C20H22ClN2O+. The van der Waals surface area contributed by atoms with Crippen molar-refractivity contribution < 1.29 is 9.68 Å². The molecule has 3 nitrogen and oxygen atoms in total. The minimum atomic E-state index is -0.972. The Labute approximate surface area is 147 Å². The first-order chi connectivity index (χ1) is 11.7. The highest BCUT2D eigenvalue weighted by molar-refractivity contribution is 6.30. The van der Waals surface area contributed by atoms with Crippen molar-refractivity contribution in [2.45, 2.75) is 31.4 Å². The van der Waals surface area contributed by atoms with Crippen molar-refractivity contribution in [1.82, 2.24) is 0 Å². The molecule has 1 N–H and O–H groups in total. The van der Waals surface area contributed by atoms with E-state index in [4.69, 9.17) is 11.6 Å². The van der Waals surface area contributed by atoms with Crippen LogP contribution in [-0.4, -0.2) is 28.6 Å². The number of anilines is 1. The fraction of sp³-hybridized carbons (Fsp3) is 0.350. The molecule has 0 unspecified atom stereocenters. The van der Waals surface area contributed by atoms with Gasteiger partial charge in [0.2, 0.25) is 0 Å². The maximum Gasteiger partial charge on any atom is 0.271 e. The van der Waals surface area contributed by atoms with Gasteiger partial charge in [0, 0.05) is 17.0 Å². The van der Waals surface area contributed by atoms with Crippen LogP contribution in [0.15, 0.2) is 54.6 Å². The highest BCUT2D eigenvalue weighted by Crippen LogP contribution is 2.35. The van der Waals surface area contributed by atoms with Crippen molar-refractivity contribution in [3.05, 3.63) is 65.2 Å². The predicted molar refractivity (Wildman–Crippen MR) is 97.7 cm³/mol. The van der Waals surface area contributed by atoms with E-state index in [0.29, 0.717) is 6.54 Å². The summed E-state index contributed by atoms with van der Waals surface area (Å²) < 4.78 is 2.21. The summed E-state index contributed by atoms with van der Waals surface area (Å²) in [5.41, 5.74) is 1.08. The first kappa shape index (κ1) is 15.7. The number of hydrogen-bond donors (Lipinski definition) is 1. The van der Waals surface area contributed by atoms with Crippen LogP contribution in [-0.2, 0) is 5.72 Å². The first-order valence-corrected chi connectivity index (χ1v) is 9.01. The van der Waals surface area contributed by atoms with Crippen LogP contribution < -0.4 is 4.90 Å². The number of hydrogen-bond acceptors (Lipinski definition) is 2. The molecule has 0 spiro atoms. The lowest BCUT2D eigenvalue weighted by molar-refractivity contribution is -0.658. The normalized spacial score (nSPS) is 24.0. The van der Waals surface area contributed by atoms with Crippen molar-refractivity contribution in [2.75, 3.05) is 18.0 Å². The highest BCUT2D eigenvalue weighted by Gasteiger charge is 2.51. The zero-order chi connectivity index (χ0) is 16.6. The molecule has 0 amide bonds. The van der Waals surface area contributed by atoms with Gasteiger partial charge in [-0.05, 0) is 43.5 Å². The predicted octanol–water partition coefficient (Wildman–Crippen LogP) is 3.99. The quantitative estimate of drug-likeness (QED) is 0.836. The Morgan fingerprint density at radius 3 is 2.46 bits per heavy atom. The second kappa shape index (κ2) is 6.23. The summed E-state index contributed by atoms with van der Waals surface area (Å²) >= 11 is 6.05. The summed E-state index contributed by atoms with van der Waals surface area (Å²) in [7, 11) is 0. The van der Waals surface area contributed by atoms with E-state index in [0.717, 1.165) is 35.7 Å². The van der Waals surface area contributed by atoms with Crippen molar-refractivity contribution in [3.8, 4) is 0 Å². The average molecular weight is 342 g/mol. The van der Waals surface area contributed by atoms with E-state index in [1.807, 2.05) is 54.6 Å². The Morgan fingerprint density at radius 2 is 1.71 bits per heavy atom. The lowest BCUT2D eigenvalue weighted by Gasteiger charge is -2.23. The minimum absolute atomic E-state index is 0.550. The molecule has 0 radical (unpaired) electrons. The SMILES string of the molecule is O[C@]1(c2ccccc2)CN(c2ccc(Cl)cc2)C2=[N+]1CCCCC2. The zero-order valence-corrected chi connectivity index (χ0v) is 14.4. The van der Waals surface area contributed by atoms with Gasteiger partial charge in [0.05, 0.1) is 6.54 Å². The van der Waals surface area contributed by atoms with E-state index in [-0.39, 0.29) is 0 Å². The van der Waals surface area contributed by atoms with E-state index in [2.05, 4.69) is 9.48 Å². The number of β-amino-alcohol motifs (C(OH)–C–C–N with tert-alkyl or cyclic N) is 1. The number of benzene rings is 2. The summed E-state index contributed by atoms with van der Waals surface area (Å²) in [6, 6.07) is 17.9. The van der Waals surface area contributed by atoms with Crippen LogP contribution in [0.1, 0.15) is 31.2 Å². The fourth-order valence-electron chi connectivity index (χ4n) is 3.88. The monoisotopic (exact) mass is 341 g/mol. The Balaban J connectivity index is 1.80. The van der Waals surface area contributed by atoms with Gasteiger partial charge in [-0.3, -0.25) is 0 Å². The largest absolute Gasteiger partial charge is 0.346 e. The van der Waals surface area contributed by atoms with Gasteiger partial charge in [-0.25, -0.2) is 9.48 Å². The third kappa shape index (κ3) is 2.62. The van der Waals surface area contributed by atoms with Gasteiger partial charge in [0.1, 0.15) is 5.69 Å². The van der Waals surface area contributed by atoms with E-state index >= 15 is 0 Å². The van der Waals surface area contributed by atoms with Crippen molar-refractivity contribution in [1.29, 1.82) is 0 Å². The van der Waals surface area contributed by atoms with Crippen molar-refractivity contribution >= 4 is 23.1 Å². The molecule has 0 saturated carbocycles. The number of halogens is 1. The molecule has 4 heteroatoms. The molecule has 2 aliphatic heterocycles. The van der Waals surface area contributed by atoms with E-state index < -0.39 is 5.72 Å². The van der Waals surface area contributed by atoms with Gasteiger partial charge in [-0.2, -0.15) is 0 Å². The highest BCUT2D eigenvalue weighted by atomic mass is 35.5. The Hall–Kier alpha value is -1.84. The summed E-state index contributed by atoms with van der Waals surface area (Å²) in [5.74, 6) is 1.22. The summed E-state index contributed by atoms with van der Waals surface area (Å²) in [4.78, 5) is 2.26. The summed E-state index contributed by atoms with van der Waals surface area (Å²) in [6.07, 6.45) is 4.49. The van der Waals surface area contributed by atoms with Gasteiger partial charge in [-0.15, -0.1) is 0 Å². The standard InChI is InChI=1S/C20H22ClN2O/c21-17-10-12-18(13-11-17)22-15-20(24,16-7-3-1-4-8-16)23-14-6-2-5-9-19(22)23/h1,3-4,7-8,10-13,24H,2,5-6,9,14-15H2/q+1/t20-/m0/s1. The second-order valence-corrected chi connectivity index (χ2v) is 7.06. The van der Waals surface area contributed by atoms with Gasteiger partial charge >= 0.3 is 0 Å². The zero-order valence-electron chi connectivity index (χ0n) is 13.7. The third-order valence-electron chi connectivity index (χ3n) is 5.10. The second-order valence-electron chi connectivity index (χ2n) is 6.62. The molecule has 24 heavy (non-hydrogen) atoms. The molecule has 0 aliphatic carbocycles. The number of nitrogens with zero attached hydrogens (tertiary/aromatic N) is 2. The lowest BCUT2D eigenvalue weighted by Crippen LogP contribution is -2.40. The van der Waals surface area contributed by atoms with Gasteiger partial charge < -0.3 is 5.11 Å². The molecule has 124 valence electrons. The van der Waals surface area contributed by atoms with Gasteiger partial charge in [0.15, 0.2) is 6.54 Å². The van der Waals surface area contributed by atoms with Crippen molar-refractivity contribution in [2.24, 2.45) is 0 Å². The average Bonchev–Trinajstić information content (AvgIpc) is 2.78. The molecule has 2 aromatic rings. The van der Waals surface area contributed by atoms with Crippen LogP contribution in [0.4, 0.5) is 5.69 Å². The minimum Gasteiger partial charge on any atom is -0.346 e. The molecule has 0 bridgehead atoms. The molecule has 1 atom stereocenters. The van der Waals surface area contributed by atoms with Crippen LogP contribution in [0.25, 0.3) is 0 Å². The molecule has 0 aromatic heterocycles. The maximum atomic E-state index is 11.6. The van der Waals surface area contributed by atoms with Crippen molar-refractivity contribution in [3.63, 3.8) is 0 Å². The number of aliphatic hydroxyl groups is 1. The molecule has 0 fully saturated rings. The van der Waals surface area contributed by atoms with Crippen LogP contribution in [0.3, 0.4) is 0 Å². The van der Waals surface area contributed by atoms with E-state index in [1.165, 1.54) is 18.7 Å². The molecule has 4 rings (SSSR count). The third-order valence-corrected chi connectivity index (χ3v) is 5.36. The number of rotatable bonds is 2. The Bertz CT molecular complexity index is 757. The van der Waals surface area contributed by atoms with E-state index in [1.54, 1.807) is 0 Å². The van der Waals surface area contributed by atoms with Crippen LogP contribution in [0.2, 0.25) is 5.02 Å². The Morgan fingerprint density at radius 1 is 0.958 bits per heavy atom. The molecule has 2 aliphatic rings. The molecule has 0 saturated heterocycles.